The van der Waals surface area contributed by atoms with Gasteiger partial charge in [0.15, 0.2) is 6.61 Å². The Balaban J connectivity index is 2.06. The highest BCUT2D eigenvalue weighted by Crippen LogP contribution is 2.32. The molecule has 0 fully saturated rings. The smallest absolute Gasteiger partial charge is 0.344 e. The van der Waals surface area contributed by atoms with Gasteiger partial charge in [0.25, 0.3) is 5.56 Å². The van der Waals surface area contributed by atoms with E-state index in [2.05, 4.69) is 41.9 Å². The zero-order chi connectivity index (χ0) is 24.3. The van der Waals surface area contributed by atoms with Gasteiger partial charge < -0.3 is 9.47 Å². The fraction of sp³-hybridized carbons (Fsp3) is 0.304. The van der Waals surface area contributed by atoms with Crippen LogP contribution >= 0.6 is 43.5 Å². The van der Waals surface area contributed by atoms with Crippen molar-refractivity contribution in [2.75, 3.05) is 6.61 Å². The average molecular weight is 600 g/mol. The highest BCUT2D eigenvalue weighted by molar-refractivity contribution is 9.10. The molecule has 0 saturated heterocycles. The Bertz CT molecular complexity index is 1290. The van der Waals surface area contributed by atoms with E-state index in [1.807, 2.05) is 19.9 Å². The Morgan fingerprint density at radius 2 is 1.94 bits per heavy atom. The van der Waals surface area contributed by atoms with Gasteiger partial charge >= 0.3 is 5.97 Å². The third kappa shape index (κ3) is 6.22. The zero-order valence-electron chi connectivity index (χ0n) is 18.4. The van der Waals surface area contributed by atoms with Crippen LogP contribution in [0.15, 0.2) is 49.2 Å². The van der Waals surface area contributed by atoms with Gasteiger partial charge in [-0.15, -0.1) is 0 Å². The molecule has 7 nitrogen and oxygen atoms in total. The molecule has 10 heteroatoms. The van der Waals surface area contributed by atoms with Crippen LogP contribution in [-0.4, -0.2) is 34.6 Å². The van der Waals surface area contributed by atoms with Crippen molar-refractivity contribution in [1.29, 1.82) is 0 Å². The third-order valence-electron chi connectivity index (χ3n) is 4.40. The molecule has 0 spiro atoms. The molecule has 0 aliphatic rings. The second-order valence-corrected chi connectivity index (χ2v) is 9.99. The van der Waals surface area contributed by atoms with E-state index in [-0.39, 0.29) is 24.2 Å². The average Bonchev–Trinajstić information content (AvgIpc) is 2.71. The fourth-order valence-corrected chi connectivity index (χ4v) is 4.34. The summed E-state index contributed by atoms with van der Waals surface area (Å²) in [5.74, 6) is 0.294. The second-order valence-electron chi connectivity index (χ2n) is 7.78. The lowest BCUT2D eigenvalue weighted by atomic mass is 10.2. The summed E-state index contributed by atoms with van der Waals surface area (Å²) in [5, 5.41) is 5.29. The molecule has 0 N–H and O–H groups in total. The monoisotopic (exact) mass is 597 g/mol. The first-order valence-corrected chi connectivity index (χ1v) is 12.1. The van der Waals surface area contributed by atoms with Gasteiger partial charge in [0.2, 0.25) is 0 Å². The summed E-state index contributed by atoms with van der Waals surface area (Å²) >= 11 is 13.0. The van der Waals surface area contributed by atoms with Crippen molar-refractivity contribution in [3.05, 3.63) is 66.0 Å². The topological polar surface area (TPSA) is 82.8 Å². The van der Waals surface area contributed by atoms with Crippen LogP contribution in [0.1, 0.15) is 45.0 Å². The summed E-state index contributed by atoms with van der Waals surface area (Å²) in [4.78, 5) is 29.8. The highest BCUT2D eigenvalue weighted by atomic mass is 79.9. The molecule has 0 aliphatic heterocycles. The van der Waals surface area contributed by atoms with Gasteiger partial charge in [0.05, 0.1) is 27.7 Å². The number of carbonyl (C=O) groups is 1. The number of rotatable bonds is 7. The number of benzene rings is 2. The van der Waals surface area contributed by atoms with Crippen LogP contribution in [0.4, 0.5) is 0 Å². The molecule has 3 aromatic rings. The molecular weight excluding hydrogens is 578 g/mol. The van der Waals surface area contributed by atoms with Gasteiger partial charge in [0.1, 0.15) is 11.6 Å². The van der Waals surface area contributed by atoms with Crippen molar-refractivity contribution in [3.63, 3.8) is 0 Å². The Labute approximate surface area is 213 Å². The molecule has 1 aromatic heterocycles. The lowest BCUT2D eigenvalue weighted by Gasteiger charge is -2.14. The van der Waals surface area contributed by atoms with E-state index in [1.54, 1.807) is 38.1 Å². The van der Waals surface area contributed by atoms with Crippen molar-refractivity contribution in [3.8, 4) is 5.75 Å². The van der Waals surface area contributed by atoms with Crippen LogP contribution in [0, 0.1) is 0 Å². The number of nitrogens with zero attached hydrogens (tertiary/aromatic N) is 3. The molecule has 0 saturated carbocycles. The van der Waals surface area contributed by atoms with Crippen LogP contribution in [-0.2, 0) is 9.53 Å². The standard InChI is InChI=1S/C23H22Br2ClN3O4/c1-12(2)22-28-19-6-5-15(24)8-17(19)23(31)29(22)27-10-14-7-16(26)9-18(25)21(14)32-11-20(30)33-13(3)4/h5-10,12-13H,11H2,1-4H3. The van der Waals surface area contributed by atoms with E-state index >= 15 is 0 Å². The lowest BCUT2D eigenvalue weighted by molar-refractivity contribution is -0.149. The van der Waals surface area contributed by atoms with Gasteiger partial charge in [-0.05, 0) is 60.1 Å². The largest absolute Gasteiger partial charge is 0.480 e. The summed E-state index contributed by atoms with van der Waals surface area (Å²) < 4.78 is 13.4. The number of ether oxygens (including phenoxy) is 2. The molecule has 0 radical (unpaired) electrons. The van der Waals surface area contributed by atoms with Crippen LogP contribution in [0.2, 0.25) is 5.02 Å². The van der Waals surface area contributed by atoms with E-state index in [9.17, 15) is 9.59 Å². The predicted octanol–water partition coefficient (Wildman–Crippen LogP) is 5.91. The van der Waals surface area contributed by atoms with E-state index in [1.165, 1.54) is 10.9 Å². The molecule has 0 unspecified atom stereocenters. The minimum atomic E-state index is -0.502. The van der Waals surface area contributed by atoms with E-state index in [0.717, 1.165) is 4.47 Å². The first kappa shape index (κ1) is 25.4. The van der Waals surface area contributed by atoms with Crippen LogP contribution in [0.5, 0.6) is 5.75 Å². The van der Waals surface area contributed by atoms with Crippen molar-refractivity contribution >= 4 is 66.5 Å². The number of fused-ring (bicyclic) bond motifs is 1. The lowest BCUT2D eigenvalue weighted by Crippen LogP contribution is -2.23. The van der Waals surface area contributed by atoms with Gasteiger partial charge in [-0.3, -0.25) is 4.79 Å². The number of hydrogen-bond donors (Lipinski definition) is 0. The first-order valence-electron chi connectivity index (χ1n) is 10.1. The number of carbonyl (C=O) groups excluding carboxylic acids is 1. The van der Waals surface area contributed by atoms with E-state index in [4.69, 9.17) is 21.1 Å². The Hall–Kier alpha value is -2.23. The molecule has 0 aliphatic carbocycles. The maximum atomic E-state index is 13.2. The third-order valence-corrected chi connectivity index (χ3v) is 5.70. The Morgan fingerprint density at radius 1 is 1.21 bits per heavy atom. The molecule has 33 heavy (non-hydrogen) atoms. The molecule has 2 aromatic carbocycles. The number of hydrogen-bond acceptors (Lipinski definition) is 6. The molecule has 3 rings (SSSR count). The molecule has 1 heterocycles. The summed E-state index contributed by atoms with van der Waals surface area (Å²) in [7, 11) is 0. The van der Waals surface area contributed by atoms with Gasteiger partial charge in [-0.1, -0.05) is 41.4 Å². The molecule has 174 valence electrons. The highest BCUT2D eigenvalue weighted by Gasteiger charge is 2.16. The first-order chi connectivity index (χ1) is 15.6. The maximum Gasteiger partial charge on any atom is 0.344 e. The number of halogens is 3. The zero-order valence-corrected chi connectivity index (χ0v) is 22.4. The van der Waals surface area contributed by atoms with Gasteiger partial charge in [0, 0.05) is 21.0 Å². The predicted molar refractivity (Wildman–Crippen MR) is 137 cm³/mol. The van der Waals surface area contributed by atoms with E-state index < -0.39 is 5.97 Å². The molecule has 0 atom stereocenters. The quantitative estimate of drug-likeness (QED) is 0.249. The SMILES string of the molecule is CC(C)OC(=O)COc1c(Br)cc(Cl)cc1C=Nn1c(C(C)C)nc2ccc(Br)cc2c1=O. The number of esters is 1. The van der Waals surface area contributed by atoms with Crippen molar-refractivity contribution in [2.45, 2.75) is 39.7 Å². The minimum Gasteiger partial charge on any atom is -0.480 e. The van der Waals surface area contributed by atoms with Crippen LogP contribution < -0.4 is 10.3 Å². The van der Waals surface area contributed by atoms with Crippen molar-refractivity contribution in [2.24, 2.45) is 5.10 Å². The normalized spacial score (nSPS) is 11.7. The summed E-state index contributed by atoms with van der Waals surface area (Å²) in [6, 6.07) is 8.61. The van der Waals surface area contributed by atoms with Crippen LogP contribution in [0.3, 0.4) is 0 Å². The molecule has 0 bridgehead atoms. The summed E-state index contributed by atoms with van der Waals surface area (Å²) in [6.07, 6.45) is 1.20. The van der Waals surface area contributed by atoms with E-state index in [0.29, 0.717) is 37.5 Å². The van der Waals surface area contributed by atoms with Gasteiger partial charge in [-0.2, -0.15) is 9.78 Å². The second kappa shape index (κ2) is 10.8. The number of aromatic nitrogens is 2. The molecular formula is C23H22Br2ClN3O4. The summed E-state index contributed by atoms with van der Waals surface area (Å²) in [6.45, 7) is 7.09. The van der Waals surface area contributed by atoms with Crippen molar-refractivity contribution in [1.82, 2.24) is 9.66 Å². The molecule has 0 amide bonds. The van der Waals surface area contributed by atoms with Gasteiger partial charge in [-0.25, -0.2) is 9.78 Å². The van der Waals surface area contributed by atoms with Crippen molar-refractivity contribution < 1.29 is 14.3 Å². The Kier molecular flexibility index (Phi) is 8.31. The minimum absolute atomic E-state index is 0.0597. The summed E-state index contributed by atoms with van der Waals surface area (Å²) in [5.41, 5.74) is 0.768. The maximum absolute atomic E-state index is 13.2. The fourth-order valence-electron chi connectivity index (χ4n) is 3.03. The Morgan fingerprint density at radius 3 is 2.61 bits per heavy atom. The van der Waals surface area contributed by atoms with Crippen LogP contribution in [0.25, 0.3) is 10.9 Å².